The van der Waals surface area contributed by atoms with Gasteiger partial charge in [0.05, 0.1) is 19.9 Å². The average molecular weight is 343 g/mol. The summed E-state index contributed by atoms with van der Waals surface area (Å²) in [6.07, 6.45) is 0. The van der Waals surface area contributed by atoms with Crippen LogP contribution in [0.4, 0.5) is 16.2 Å². The molecule has 0 aliphatic rings. The summed E-state index contributed by atoms with van der Waals surface area (Å²) >= 11 is 0. The quantitative estimate of drug-likeness (QED) is 0.752. The highest BCUT2D eigenvalue weighted by Crippen LogP contribution is 2.27. The maximum absolute atomic E-state index is 12.0. The van der Waals surface area contributed by atoms with Gasteiger partial charge in [-0.3, -0.25) is 4.79 Å². The van der Waals surface area contributed by atoms with Crippen molar-refractivity contribution in [3.8, 4) is 11.5 Å². The lowest BCUT2D eigenvalue weighted by atomic mass is 10.2. The van der Waals surface area contributed by atoms with Crippen LogP contribution in [0.1, 0.15) is 12.5 Å². The van der Waals surface area contributed by atoms with E-state index in [4.69, 9.17) is 9.47 Å². The third-order valence-corrected chi connectivity index (χ3v) is 3.38. The fraction of sp³-hybridized carbons (Fsp3) is 0.222. The number of anilines is 2. The summed E-state index contributed by atoms with van der Waals surface area (Å²) in [4.78, 5) is 23.3. The smallest absolute Gasteiger partial charge is 0.319 e. The van der Waals surface area contributed by atoms with Gasteiger partial charge >= 0.3 is 6.03 Å². The summed E-state index contributed by atoms with van der Waals surface area (Å²) in [5, 5.41) is 8.14. The second kappa shape index (κ2) is 8.58. The largest absolute Gasteiger partial charge is 0.497 e. The summed E-state index contributed by atoms with van der Waals surface area (Å²) < 4.78 is 10.3. The number of hydrogen-bond donors (Lipinski definition) is 3. The molecule has 2 aromatic rings. The van der Waals surface area contributed by atoms with Crippen LogP contribution in [0.5, 0.6) is 11.5 Å². The monoisotopic (exact) mass is 343 g/mol. The van der Waals surface area contributed by atoms with Crippen LogP contribution in [0.15, 0.2) is 42.5 Å². The summed E-state index contributed by atoms with van der Waals surface area (Å²) in [6, 6.07) is 12.1. The number of hydrogen-bond acceptors (Lipinski definition) is 4. The van der Waals surface area contributed by atoms with E-state index in [1.807, 2.05) is 24.3 Å². The fourth-order valence-corrected chi connectivity index (χ4v) is 2.17. The Morgan fingerprint density at radius 3 is 2.28 bits per heavy atom. The van der Waals surface area contributed by atoms with Gasteiger partial charge in [-0.05, 0) is 35.9 Å². The van der Waals surface area contributed by atoms with Gasteiger partial charge in [-0.2, -0.15) is 0 Å². The van der Waals surface area contributed by atoms with E-state index in [0.29, 0.717) is 23.7 Å². The number of ether oxygens (including phenoxy) is 2. The van der Waals surface area contributed by atoms with Crippen LogP contribution in [-0.4, -0.2) is 26.2 Å². The Morgan fingerprint density at radius 1 is 0.960 bits per heavy atom. The first-order valence-electron chi connectivity index (χ1n) is 7.65. The molecule has 0 aliphatic carbocycles. The van der Waals surface area contributed by atoms with E-state index < -0.39 is 0 Å². The van der Waals surface area contributed by atoms with Gasteiger partial charge in [0.2, 0.25) is 5.91 Å². The molecule has 2 rings (SSSR count). The SMILES string of the molecule is COc1ccc(CNC(=O)Nc2ccc(OC)c(NC(C)=O)c2)cc1. The van der Waals surface area contributed by atoms with Crippen LogP contribution in [0, 0.1) is 0 Å². The van der Waals surface area contributed by atoms with Crippen molar-refractivity contribution in [3.05, 3.63) is 48.0 Å². The summed E-state index contributed by atoms with van der Waals surface area (Å²) in [7, 11) is 3.11. The first-order chi connectivity index (χ1) is 12.0. The topological polar surface area (TPSA) is 88.7 Å². The molecule has 7 heteroatoms. The van der Waals surface area contributed by atoms with E-state index in [1.54, 1.807) is 25.3 Å². The molecule has 2 aromatic carbocycles. The Morgan fingerprint density at radius 2 is 1.68 bits per heavy atom. The minimum Gasteiger partial charge on any atom is -0.497 e. The van der Waals surface area contributed by atoms with Crippen LogP contribution in [-0.2, 0) is 11.3 Å². The molecule has 3 amide bonds. The van der Waals surface area contributed by atoms with Crippen molar-refractivity contribution in [3.63, 3.8) is 0 Å². The van der Waals surface area contributed by atoms with Crippen LogP contribution in [0.25, 0.3) is 0 Å². The number of urea groups is 1. The number of methoxy groups -OCH3 is 2. The van der Waals surface area contributed by atoms with Crippen molar-refractivity contribution < 1.29 is 19.1 Å². The average Bonchev–Trinajstić information content (AvgIpc) is 2.60. The van der Waals surface area contributed by atoms with E-state index in [1.165, 1.54) is 14.0 Å². The van der Waals surface area contributed by atoms with Crippen molar-refractivity contribution in [1.29, 1.82) is 0 Å². The van der Waals surface area contributed by atoms with Crippen molar-refractivity contribution in [1.82, 2.24) is 5.32 Å². The Kier molecular flexibility index (Phi) is 6.22. The summed E-state index contributed by atoms with van der Waals surface area (Å²) in [5.41, 5.74) is 1.98. The maximum atomic E-state index is 12.0. The number of carbonyl (C=O) groups excluding carboxylic acids is 2. The number of amides is 3. The molecule has 0 fully saturated rings. The molecule has 0 spiro atoms. The zero-order valence-electron chi connectivity index (χ0n) is 14.4. The molecule has 0 aromatic heterocycles. The van der Waals surface area contributed by atoms with Gasteiger partial charge in [-0.1, -0.05) is 12.1 Å². The van der Waals surface area contributed by atoms with Gasteiger partial charge in [0, 0.05) is 19.2 Å². The zero-order chi connectivity index (χ0) is 18.2. The highest BCUT2D eigenvalue weighted by atomic mass is 16.5. The highest BCUT2D eigenvalue weighted by molar-refractivity contribution is 5.94. The number of carbonyl (C=O) groups is 2. The van der Waals surface area contributed by atoms with E-state index in [9.17, 15) is 9.59 Å². The summed E-state index contributed by atoms with van der Waals surface area (Å²) in [6.45, 7) is 1.78. The lowest BCUT2D eigenvalue weighted by Crippen LogP contribution is -2.28. The van der Waals surface area contributed by atoms with E-state index in [2.05, 4.69) is 16.0 Å². The van der Waals surface area contributed by atoms with Crippen LogP contribution in [0.3, 0.4) is 0 Å². The third kappa shape index (κ3) is 5.42. The second-order valence-electron chi connectivity index (χ2n) is 5.25. The molecule has 0 unspecified atom stereocenters. The lowest BCUT2D eigenvalue weighted by Gasteiger charge is -2.12. The minimum atomic E-state index is -0.352. The van der Waals surface area contributed by atoms with Crippen LogP contribution in [0.2, 0.25) is 0 Å². The predicted octanol–water partition coefficient (Wildman–Crippen LogP) is 2.98. The van der Waals surface area contributed by atoms with E-state index in [-0.39, 0.29) is 11.9 Å². The first-order valence-corrected chi connectivity index (χ1v) is 7.65. The molecule has 25 heavy (non-hydrogen) atoms. The van der Waals surface area contributed by atoms with Crippen molar-refractivity contribution in [2.24, 2.45) is 0 Å². The lowest BCUT2D eigenvalue weighted by molar-refractivity contribution is -0.114. The Hall–Kier alpha value is -3.22. The van der Waals surface area contributed by atoms with Crippen molar-refractivity contribution in [2.45, 2.75) is 13.5 Å². The number of rotatable bonds is 6. The molecular formula is C18H21N3O4. The molecule has 0 saturated carbocycles. The van der Waals surface area contributed by atoms with Crippen LogP contribution >= 0.6 is 0 Å². The molecule has 0 aliphatic heterocycles. The summed E-state index contributed by atoms with van der Waals surface area (Å²) in [5.74, 6) is 1.05. The molecule has 3 N–H and O–H groups in total. The molecule has 0 heterocycles. The van der Waals surface area contributed by atoms with Gasteiger partial charge < -0.3 is 25.4 Å². The highest BCUT2D eigenvalue weighted by Gasteiger charge is 2.08. The van der Waals surface area contributed by atoms with E-state index in [0.717, 1.165) is 11.3 Å². The van der Waals surface area contributed by atoms with Crippen molar-refractivity contribution >= 4 is 23.3 Å². The Bertz CT molecular complexity index is 744. The van der Waals surface area contributed by atoms with Gasteiger partial charge in [0.15, 0.2) is 0 Å². The normalized spacial score (nSPS) is 9.88. The molecule has 0 radical (unpaired) electrons. The third-order valence-electron chi connectivity index (χ3n) is 3.38. The molecule has 132 valence electrons. The standard InChI is InChI=1S/C18H21N3O4/c1-12(22)20-16-10-14(6-9-17(16)25-3)21-18(23)19-11-13-4-7-15(24-2)8-5-13/h4-10H,11H2,1-3H3,(H,20,22)(H2,19,21,23). The minimum absolute atomic E-state index is 0.223. The zero-order valence-corrected chi connectivity index (χ0v) is 14.4. The maximum Gasteiger partial charge on any atom is 0.319 e. The van der Waals surface area contributed by atoms with Crippen LogP contribution < -0.4 is 25.4 Å². The molecule has 0 bridgehead atoms. The van der Waals surface area contributed by atoms with E-state index >= 15 is 0 Å². The van der Waals surface area contributed by atoms with Gasteiger partial charge in [-0.15, -0.1) is 0 Å². The Balaban J connectivity index is 1.96. The fourth-order valence-electron chi connectivity index (χ4n) is 2.17. The van der Waals surface area contributed by atoms with Gasteiger partial charge in [0.25, 0.3) is 0 Å². The molecule has 7 nitrogen and oxygen atoms in total. The number of benzene rings is 2. The predicted molar refractivity (Wildman–Crippen MR) is 96.2 cm³/mol. The molecule has 0 atom stereocenters. The Labute approximate surface area is 146 Å². The first kappa shape index (κ1) is 18.1. The number of nitrogens with one attached hydrogen (secondary N) is 3. The molecular weight excluding hydrogens is 322 g/mol. The van der Waals surface area contributed by atoms with Gasteiger partial charge in [-0.25, -0.2) is 4.79 Å². The second-order valence-corrected chi connectivity index (χ2v) is 5.25. The van der Waals surface area contributed by atoms with Gasteiger partial charge in [0.1, 0.15) is 11.5 Å². The van der Waals surface area contributed by atoms with Crippen molar-refractivity contribution in [2.75, 3.05) is 24.9 Å². The molecule has 0 saturated heterocycles.